The molecule has 7 heteroatoms. The summed E-state index contributed by atoms with van der Waals surface area (Å²) in [6.07, 6.45) is 2.32. The lowest BCUT2D eigenvalue weighted by Gasteiger charge is -2.13. The predicted octanol–water partition coefficient (Wildman–Crippen LogP) is 1.02. The monoisotopic (exact) mass is 281 g/mol. The van der Waals surface area contributed by atoms with Crippen molar-refractivity contribution in [3.05, 3.63) is 11.4 Å². The largest absolute Gasteiger partial charge is 0.382 e. The first-order valence-electron chi connectivity index (χ1n) is 6.92. The van der Waals surface area contributed by atoms with Gasteiger partial charge >= 0.3 is 0 Å². The van der Waals surface area contributed by atoms with E-state index in [9.17, 15) is 0 Å². The molecule has 0 aromatic carbocycles. The van der Waals surface area contributed by atoms with Crippen LogP contribution in [0.3, 0.4) is 0 Å². The number of hydrogen-bond acceptors (Lipinski definition) is 7. The Morgan fingerprint density at radius 2 is 1.95 bits per heavy atom. The first-order valence-corrected chi connectivity index (χ1v) is 6.92. The molecule has 1 aliphatic carbocycles. The standard InChI is InChI=1S/C13H23N5O2/c1-9-11(15-5-6-20-8-7-19-2)16-13(10-3-4-10)17-12(9)18-14/h10H,3-8,14H2,1-2H3,(H2,15,16,17,18). The van der Waals surface area contributed by atoms with Crippen LogP contribution in [0.1, 0.15) is 30.1 Å². The van der Waals surface area contributed by atoms with E-state index in [1.165, 1.54) is 0 Å². The van der Waals surface area contributed by atoms with E-state index in [0.29, 0.717) is 38.1 Å². The van der Waals surface area contributed by atoms with Gasteiger partial charge in [0.2, 0.25) is 0 Å². The highest BCUT2D eigenvalue weighted by atomic mass is 16.5. The second kappa shape index (κ2) is 7.37. The molecular formula is C13H23N5O2. The van der Waals surface area contributed by atoms with Crippen LogP contribution in [0.25, 0.3) is 0 Å². The number of hydrazine groups is 1. The third-order valence-electron chi connectivity index (χ3n) is 3.21. The molecule has 4 N–H and O–H groups in total. The summed E-state index contributed by atoms with van der Waals surface area (Å²) in [7, 11) is 1.66. The maximum atomic E-state index is 5.51. The number of nitrogens with zero attached hydrogens (tertiary/aromatic N) is 2. The molecule has 0 aliphatic heterocycles. The highest BCUT2D eigenvalue weighted by molar-refractivity contribution is 5.57. The van der Waals surface area contributed by atoms with Gasteiger partial charge in [0.05, 0.1) is 19.8 Å². The fourth-order valence-electron chi connectivity index (χ4n) is 1.86. The van der Waals surface area contributed by atoms with Crippen LogP contribution in [-0.4, -0.2) is 43.4 Å². The van der Waals surface area contributed by atoms with Gasteiger partial charge in [0.1, 0.15) is 17.5 Å². The molecule has 112 valence electrons. The topological polar surface area (TPSA) is 94.3 Å². The minimum absolute atomic E-state index is 0.487. The van der Waals surface area contributed by atoms with Crippen molar-refractivity contribution in [1.82, 2.24) is 9.97 Å². The summed E-state index contributed by atoms with van der Waals surface area (Å²) in [6.45, 7) is 4.45. The van der Waals surface area contributed by atoms with E-state index < -0.39 is 0 Å². The van der Waals surface area contributed by atoms with Gasteiger partial charge in [-0.15, -0.1) is 0 Å². The van der Waals surface area contributed by atoms with Gasteiger partial charge in [-0.3, -0.25) is 0 Å². The molecule has 1 aliphatic rings. The summed E-state index contributed by atoms with van der Waals surface area (Å²) >= 11 is 0. The second-order valence-electron chi connectivity index (χ2n) is 4.85. The highest BCUT2D eigenvalue weighted by Crippen LogP contribution is 2.39. The minimum atomic E-state index is 0.487. The van der Waals surface area contributed by atoms with Gasteiger partial charge in [0.25, 0.3) is 0 Å². The molecule has 0 amide bonds. The lowest BCUT2D eigenvalue weighted by molar-refractivity contribution is 0.0759. The molecular weight excluding hydrogens is 258 g/mol. The zero-order valence-electron chi connectivity index (χ0n) is 12.1. The van der Waals surface area contributed by atoms with Crippen molar-refractivity contribution < 1.29 is 9.47 Å². The summed E-state index contributed by atoms with van der Waals surface area (Å²) in [5, 5.41) is 3.28. The van der Waals surface area contributed by atoms with Crippen molar-refractivity contribution in [2.75, 3.05) is 44.2 Å². The van der Waals surface area contributed by atoms with E-state index >= 15 is 0 Å². The first kappa shape index (κ1) is 15.0. The Balaban J connectivity index is 1.90. The molecule has 0 saturated heterocycles. The molecule has 1 saturated carbocycles. The minimum Gasteiger partial charge on any atom is -0.382 e. The van der Waals surface area contributed by atoms with Gasteiger partial charge in [-0.1, -0.05) is 0 Å². The van der Waals surface area contributed by atoms with Crippen molar-refractivity contribution in [2.45, 2.75) is 25.7 Å². The Kier molecular flexibility index (Phi) is 5.51. The smallest absolute Gasteiger partial charge is 0.148 e. The van der Waals surface area contributed by atoms with Crippen LogP contribution < -0.4 is 16.6 Å². The van der Waals surface area contributed by atoms with Crippen molar-refractivity contribution in [3.8, 4) is 0 Å². The predicted molar refractivity (Wildman–Crippen MR) is 77.7 cm³/mol. The molecule has 0 spiro atoms. The van der Waals surface area contributed by atoms with Gasteiger partial charge in [0.15, 0.2) is 0 Å². The highest BCUT2D eigenvalue weighted by Gasteiger charge is 2.28. The molecule has 1 aromatic heterocycles. The number of hydrogen-bond donors (Lipinski definition) is 3. The quantitative estimate of drug-likeness (QED) is 0.353. The summed E-state index contributed by atoms with van der Waals surface area (Å²) in [6, 6.07) is 0. The van der Waals surface area contributed by atoms with E-state index in [1.54, 1.807) is 7.11 Å². The summed E-state index contributed by atoms with van der Waals surface area (Å²) < 4.78 is 10.3. The molecule has 0 unspecified atom stereocenters. The van der Waals surface area contributed by atoms with Gasteiger partial charge < -0.3 is 20.2 Å². The summed E-state index contributed by atoms with van der Waals surface area (Å²) in [5.74, 6) is 8.38. The number of methoxy groups -OCH3 is 1. The Morgan fingerprint density at radius 3 is 2.60 bits per heavy atom. The van der Waals surface area contributed by atoms with Gasteiger partial charge in [0, 0.05) is 25.1 Å². The van der Waals surface area contributed by atoms with Gasteiger partial charge in [-0.2, -0.15) is 0 Å². The van der Waals surface area contributed by atoms with E-state index in [-0.39, 0.29) is 0 Å². The van der Waals surface area contributed by atoms with Crippen LogP contribution in [0.15, 0.2) is 0 Å². The van der Waals surface area contributed by atoms with Crippen molar-refractivity contribution in [2.24, 2.45) is 5.84 Å². The number of aromatic nitrogens is 2. The van der Waals surface area contributed by atoms with Crippen LogP contribution in [-0.2, 0) is 9.47 Å². The summed E-state index contributed by atoms with van der Waals surface area (Å²) in [4.78, 5) is 9.03. The molecule has 1 fully saturated rings. The van der Waals surface area contributed by atoms with Crippen LogP contribution >= 0.6 is 0 Å². The zero-order chi connectivity index (χ0) is 14.4. The van der Waals surface area contributed by atoms with Gasteiger partial charge in [-0.25, -0.2) is 15.8 Å². The SMILES string of the molecule is COCCOCCNc1nc(C2CC2)nc(NN)c1C. The maximum absolute atomic E-state index is 5.51. The molecule has 1 heterocycles. The Bertz CT molecular complexity index is 437. The number of nitrogens with two attached hydrogens (primary N) is 1. The number of nitrogens with one attached hydrogen (secondary N) is 2. The van der Waals surface area contributed by atoms with Crippen molar-refractivity contribution in [3.63, 3.8) is 0 Å². The van der Waals surface area contributed by atoms with E-state index in [0.717, 1.165) is 30.0 Å². The fraction of sp³-hybridized carbons (Fsp3) is 0.692. The van der Waals surface area contributed by atoms with Crippen LogP contribution in [0.5, 0.6) is 0 Å². The van der Waals surface area contributed by atoms with E-state index in [1.807, 2.05) is 6.92 Å². The van der Waals surface area contributed by atoms with E-state index in [4.69, 9.17) is 15.3 Å². The number of anilines is 2. The van der Waals surface area contributed by atoms with Gasteiger partial charge in [-0.05, 0) is 19.8 Å². The maximum Gasteiger partial charge on any atom is 0.148 e. The molecule has 20 heavy (non-hydrogen) atoms. The Morgan fingerprint density at radius 1 is 1.20 bits per heavy atom. The number of rotatable bonds is 9. The summed E-state index contributed by atoms with van der Waals surface area (Å²) in [5.41, 5.74) is 3.56. The van der Waals surface area contributed by atoms with Crippen molar-refractivity contribution >= 4 is 11.6 Å². The third kappa shape index (κ3) is 4.03. The van der Waals surface area contributed by atoms with Crippen LogP contribution in [0.2, 0.25) is 0 Å². The van der Waals surface area contributed by atoms with Crippen LogP contribution in [0.4, 0.5) is 11.6 Å². The third-order valence-corrected chi connectivity index (χ3v) is 3.21. The molecule has 7 nitrogen and oxygen atoms in total. The lowest BCUT2D eigenvalue weighted by Crippen LogP contribution is -2.17. The average Bonchev–Trinajstić information content (AvgIpc) is 3.29. The normalized spacial score (nSPS) is 14.3. The number of nitrogen functional groups attached to an aromatic ring is 1. The molecule has 0 atom stereocenters. The Hall–Kier alpha value is -1.44. The first-order chi connectivity index (χ1) is 9.76. The fourth-order valence-corrected chi connectivity index (χ4v) is 1.86. The number of ether oxygens (including phenoxy) is 2. The molecule has 0 bridgehead atoms. The lowest BCUT2D eigenvalue weighted by atomic mass is 10.3. The van der Waals surface area contributed by atoms with Crippen molar-refractivity contribution in [1.29, 1.82) is 0 Å². The zero-order valence-corrected chi connectivity index (χ0v) is 12.1. The second-order valence-corrected chi connectivity index (χ2v) is 4.85. The molecule has 1 aromatic rings. The molecule has 0 radical (unpaired) electrons. The average molecular weight is 281 g/mol. The van der Waals surface area contributed by atoms with E-state index in [2.05, 4.69) is 20.7 Å². The van der Waals surface area contributed by atoms with Crippen LogP contribution in [0, 0.1) is 6.92 Å². The molecule has 2 rings (SSSR count). The Labute approximate surface area is 119 Å².